The van der Waals surface area contributed by atoms with Gasteiger partial charge in [0.15, 0.2) is 0 Å². The molecule has 0 atom stereocenters. The third-order valence-electron chi connectivity index (χ3n) is 4.50. The summed E-state index contributed by atoms with van der Waals surface area (Å²) in [7, 11) is 2.04. The van der Waals surface area contributed by atoms with Gasteiger partial charge in [0.1, 0.15) is 18.0 Å². The average molecular weight is 373 g/mol. The van der Waals surface area contributed by atoms with E-state index in [4.69, 9.17) is 4.74 Å². The molecular formula is C19H21F2N5O. The summed E-state index contributed by atoms with van der Waals surface area (Å²) >= 11 is 0. The number of nitrogens with one attached hydrogen (secondary N) is 1. The first-order valence-electron chi connectivity index (χ1n) is 8.55. The number of ether oxygens (including phenoxy) is 1. The van der Waals surface area contributed by atoms with E-state index in [-0.39, 0.29) is 7.11 Å². The van der Waals surface area contributed by atoms with E-state index in [1.54, 1.807) is 0 Å². The lowest BCUT2D eigenvalue weighted by Crippen LogP contribution is -2.47. The molecule has 1 fully saturated rings. The zero-order valence-electron chi connectivity index (χ0n) is 15.0. The normalized spacial score (nSPS) is 14.1. The Balaban J connectivity index is 0.00000225. The Bertz CT molecular complexity index is 956. The molecule has 6 nitrogen and oxygen atoms in total. The Morgan fingerprint density at radius 2 is 1.89 bits per heavy atom. The SMILES string of the molecule is Cc1cc(Nc2ncn(-c3cc(F)cc(F)c3)n2)cc(N(C)C2COC2)c1.[HH]. The van der Waals surface area contributed by atoms with E-state index < -0.39 is 11.6 Å². The van der Waals surface area contributed by atoms with E-state index in [0.29, 0.717) is 12.0 Å². The number of aromatic nitrogens is 3. The number of halogens is 2. The van der Waals surface area contributed by atoms with Crippen molar-refractivity contribution in [2.24, 2.45) is 0 Å². The number of aryl methyl sites for hydroxylation is 1. The van der Waals surface area contributed by atoms with Crippen LogP contribution in [0.1, 0.15) is 6.99 Å². The highest BCUT2D eigenvalue weighted by Crippen LogP contribution is 2.26. The first-order chi connectivity index (χ1) is 13.0. The molecule has 0 aliphatic carbocycles. The zero-order chi connectivity index (χ0) is 19.0. The Morgan fingerprint density at radius 3 is 2.56 bits per heavy atom. The van der Waals surface area contributed by atoms with Crippen LogP contribution in [0.25, 0.3) is 5.69 Å². The largest absolute Gasteiger partial charge is 0.377 e. The predicted molar refractivity (Wildman–Crippen MR) is 101 cm³/mol. The minimum Gasteiger partial charge on any atom is -0.377 e. The Labute approximate surface area is 156 Å². The minimum absolute atomic E-state index is 0. The van der Waals surface area contributed by atoms with E-state index >= 15 is 0 Å². The van der Waals surface area contributed by atoms with Crippen molar-refractivity contribution >= 4 is 17.3 Å². The fourth-order valence-electron chi connectivity index (χ4n) is 2.94. The van der Waals surface area contributed by atoms with Crippen LogP contribution in [0.2, 0.25) is 0 Å². The smallest absolute Gasteiger partial charge is 0.246 e. The fourth-order valence-corrected chi connectivity index (χ4v) is 2.94. The van der Waals surface area contributed by atoms with E-state index in [1.807, 2.05) is 26.1 Å². The molecule has 0 radical (unpaired) electrons. The first kappa shape index (κ1) is 17.4. The van der Waals surface area contributed by atoms with E-state index in [9.17, 15) is 8.78 Å². The van der Waals surface area contributed by atoms with E-state index in [1.165, 1.54) is 23.1 Å². The van der Waals surface area contributed by atoms with E-state index in [2.05, 4.69) is 26.4 Å². The molecule has 4 rings (SSSR count). The molecule has 0 bridgehead atoms. The van der Waals surface area contributed by atoms with Gasteiger partial charge in [0.2, 0.25) is 5.95 Å². The van der Waals surface area contributed by atoms with Crippen molar-refractivity contribution in [3.05, 3.63) is 59.9 Å². The van der Waals surface area contributed by atoms with Crippen molar-refractivity contribution in [2.45, 2.75) is 13.0 Å². The molecule has 1 saturated heterocycles. The van der Waals surface area contributed by atoms with Gasteiger partial charge in [-0.3, -0.25) is 0 Å². The predicted octanol–water partition coefficient (Wildman–Crippen LogP) is 3.68. The van der Waals surface area contributed by atoms with Crippen LogP contribution in [0, 0.1) is 18.6 Å². The Hall–Kier alpha value is -3.00. The van der Waals surface area contributed by atoms with Crippen LogP contribution in [0.4, 0.5) is 26.1 Å². The Kier molecular flexibility index (Phi) is 4.49. The lowest BCUT2D eigenvalue weighted by Gasteiger charge is -2.36. The van der Waals surface area contributed by atoms with Crippen molar-refractivity contribution in [3.8, 4) is 5.69 Å². The molecule has 27 heavy (non-hydrogen) atoms. The number of likely N-dealkylation sites (N-methyl/N-ethyl adjacent to an activating group) is 1. The van der Waals surface area contributed by atoms with Crippen molar-refractivity contribution in [3.63, 3.8) is 0 Å². The molecule has 142 valence electrons. The summed E-state index contributed by atoms with van der Waals surface area (Å²) in [6, 6.07) is 9.68. The van der Waals surface area contributed by atoms with Gasteiger partial charge in [-0.25, -0.2) is 13.5 Å². The van der Waals surface area contributed by atoms with Gasteiger partial charge in [0.05, 0.1) is 24.9 Å². The third kappa shape index (κ3) is 3.75. The lowest BCUT2D eigenvalue weighted by atomic mass is 10.1. The maximum Gasteiger partial charge on any atom is 0.246 e. The number of anilines is 3. The van der Waals surface area contributed by atoms with Gasteiger partial charge in [-0.1, -0.05) is 0 Å². The lowest BCUT2D eigenvalue weighted by molar-refractivity contribution is 0.0101. The van der Waals surface area contributed by atoms with Crippen LogP contribution in [-0.2, 0) is 4.74 Å². The number of rotatable bonds is 5. The highest BCUT2D eigenvalue weighted by Gasteiger charge is 2.23. The monoisotopic (exact) mass is 373 g/mol. The van der Waals surface area contributed by atoms with Gasteiger partial charge in [-0.15, -0.1) is 5.10 Å². The van der Waals surface area contributed by atoms with Crippen LogP contribution in [0.15, 0.2) is 42.7 Å². The standard InChI is InChI=1S/C19H19F2N5O.H2/c1-12-3-15(8-16(4-12)25(2)18-9-27-10-18)23-19-22-11-26(24-19)17-6-13(20)5-14(21)7-17;/h3-8,11,18H,9-10H2,1-2H3,(H,23,24);1H. The molecule has 1 N–H and O–H groups in total. The fraction of sp³-hybridized carbons (Fsp3) is 0.263. The zero-order valence-corrected chi connectivity index (χ0v) is 15.0. The third-order valence-corrected chi connectivity index (χ3v) is 4.50. The van der Waals surface area contributed by atoms with Crippen LogP contribution >= 0.6 is 0 Å². The molecule has 2 aromatic carbocycles. The van der Waals surface area contributed by atoms with Crippen molar-refractivity contribution in [1.29, 1.82) is 0 Å². The summed E-state index contributed by atoms with van der Waals surface area (Å²) in [5.74, 6) is -0.992. The number of benzene rings is 2. The van der Waals surface area contributed by atoms with Crippen molar-refractivity contribution < 1.29 is 14.9 Å². The molecular weight excluding hydrogens is 352 g/mol. The summed E-state index contributed by atoms with van der Waals surface area (Å²) in [6.45, 7) is 3.47. The molecule has 0 spiro atoms. The number of nitrogens with zero attached hydrogens (tertiary/aromatic N) is 4. The van der Waals surface area contributed by atoms with Crippen molar-refractivity contribution in [1.82, 2.24) is 14.8 Å². The number of hydrogen-bond acceptors (Lipinski definition) is 5. The van der Waals surface area contributed by atoms with Gasteiger partial charge in [-0.2, -0.15) is 4.98 Å². The highest BCUT2D eigenvalue weighted by atomic mass is 19.1. The summed E-state index contributed by atoms with van der Waals surface area (Å²) < 4.78 is 33.4. The van der Waals surface area contributed by atoms with Crippen LogP contribution in [0.3, 0.4) is 0 Å². The second-order valence-corrected chi connectivity index (χ2v) is 6.62. The molecule has 2 heterocycles. The number of hydrogen-bond donors (Lipinski definition) is 1. The quantitative estimate of drug-likeness (QED) is 0.739. The van der Waals surface area contributed by atoms with Gasteiger partial charge >= 0.3 is 0 Å². The molecule has 8 heteroatoms. The van der Waals surface area contributed by atoms with Crippen LogP contribution in [-0.4, -0.2) is 41.1 Å². The maximum absolute atomic E-state index is 13.4. The van der Waals surface area contributed by atoms with Gasteiger partial charge < -0.3 is 15.0 Å². The minimum atomic E-state index is -0.665. The highest BCUT2D eigenvalue weighted by molar-refractivity contribution is 5.64. The summed E-state index contributed by atoms with van der Waals surface area (Å²) in [5.41, 5.74) is 3.26. The maximum atomic E-state index is 13.4. The van der Waals surface area contributed by atoms with Gasteiger partial charge in [-0.05, 0) is 42.8 Å². The molecule has 1 aromatic heterocycles. The molecule has 0 saturated carbocycles. The Morgan fingerprint density at radius 1 is 1.15 bits per heavy atom. The second-order valence-electron chi connectivity index (χ2n) is 6.62. The van der Waals surface area contributed by atoms with Gasteiger partial charge in [0.25, 0.3) is 0 Å². The van der Waals surface area contributed by atoms with E-state index in [0.717, 1.165) is 36.2 Å². The summed E-state index contributed by atoms with van der Waals surface area (Å²) in [4.78, 5) is 6.36. The average Bonchev–Trinajstić information content (AvgIpc) is 3.00. The molecule has 1 aliphatic heterocycles. The van der Waals surface area contributed by atoms with Crippen LogP contribution in [0.5, 0.6) is 0 Å². The summed E-state index contributed by atoms with van der Waals surface area (Å²) in [5, 5.41) is 7.40. The molecule has 0 amide bonds. The molecule has 0 unspecified atom stereocenters. The summed E-state index contributed by atoms with van der Waals surface area (Å²) in [6.07, 6.45) is 1.41. The van der Waals surface area contributed by atoms with Crippen molar-refractivity contribution in [2.75, 3.05) is 30.5 Å². The first-order valence-corrected chi connectivity index (χ1v) is 8.55. The molecule has 1 aliphatic rings. The topological polar surface area (TPSA) is 55.2 Å². The molecule has 3 aromatic rings. The van der Waals surface area contributed by atoms with Gasteiger partial charge in [0, 0.05) is 25.9 Å². The van der Waals surface area contributed by atoms with Crippen LogP contribution < -0.4 is 10.2 Å². The second kappa shape index (κ2) is 6.96.